The maximum atomic E-state index is 5.74. The van der Waals surface area contributed by atoms with E-state index in [0.29, 0.717) is 12.4 Å². The summed E-state index contributed by atoms with van der Waals surface area (Å²) < 4.78 is 0. The Labute approximate surface area is 91.5 Å². The number of anilines is 3. The van der Waals surface area contributed by atoms with Gasteiger partial charge in [-0.1, -0.05) is 0 Å². The largest absolute Gasteiger partial charge is 0.382 e. The van der Waals surface area contributed by atoms with E-state index in [2.05, 4.69) is 25.1 Å². The van der Waals surface area contributed by atoms with Crippen molar-refractivity contribution >= 4 is 17.6 Å². The summed E-state index contributed by atoms with van der Waals surface area (Å²) in [7, 11) is 0. The van der Waals surface area contributed by atoms with Gasteiger partial charge in [0.2, 0.25) is 5.95 Å². The molecule has 1 aliphatic rings. The molecule has 3 rings (SSSR count). The molecule has 5 N–H and O–H groups in total. The zero-order valence-electron chi connectivity index (χ0n) is 8.51. The zero-order chi connectivity index (χ0) is 11.1. The number of hydrogen-bond acceptors (Lipinski definition) is 6. The monoisotopic (exact) mass is 217 g/mol. The number of fused-ring (bicyclic) bond motifs is 1. The quantitative estimate of drug-likeness (QED) is 0.614. The summed E-state index contributed by atoms with van der Waals surface area (Å²) in [5, 5.41) is 6.86. The second kappa shape index (κ2) is 3.09. The van der Waals surface area contributed by atoms with E-state index in [0.717, 1.165) is 23.6 Å². The number of aromatic nitrogens is 4. The van der Waals surface area contributed by atoms with Gasteiger partial charge in [0, 0.05) is 11.8 Å². The first-order valence-electron chi connectivity index (χ1n) is 4.89. The molecule has 0 spiro atoms. The van der Waals surface area contributed by atoms with Crippen LogP contribution in [0, 0.1) is 0 Å². The first-order valence-corrected chi connectivity index (χ1v) is 4.89. The van der Waals surface area contributed by atoms with Crippen molar-refractivity contribution in [2.24, 2.45) is 0 Å². The average molecular weight is 217 g/mol. The SMILES string of the molecule is Nc1nccc(N2Cc3[nH]nc(N)c3C2)n1. The Balaban J connectivity index is 1.91. The first kappa shape index (κ1) is 8.96. The van der Waals surface area contributed by atoms with E-state index in [9.17, 15) is 0 Å². The van der Waals surface area contributed by atoms with Gasteiger partial charge in [-0.05, 0) is 6.07 Å². The highest BCUT2D eigenvalue weighted by molar-refractivity contribution is 5.53. The average Bonchev–Trinajstić information content (AvgIpc) is 2.81. The van der Waals surface area contributed by atoms with Gasteiger partial charge in [0.15, 0.2) is 5.82 Å². The minimum atomic E-state index is 0.277. The minimum absolute atomic E-state index is 0.277. The molecule has 0 radical (unpaired) electrons. The molecule has 2 aromatic heterocycles. The number of hydrogen-bond donors (Lipinski definition) is 3. The molecule has 2 aromatic rings. The normalized spacial score (nSPS) is 14.1. The van der Waals surface area contributed by atoms with Gasteiger partial charge in [0.05, 0.1) is 18.8 Å². The Kier molecular flexibility index (Phi) is 1.73. The van der Waals surface area contributed by atoms with Gasteiger partial charge in [-0.15, -0.1) is 0 Å². The summed E-state index contributed by atoms with van der Waals surface area (Å²) >= 11 is 0. The molecule has 0 bridgehead atoms. The Hall–Kier alpha value is -2.31. The highest BCUT2D eigenvalue weighted by Gasteiger charge is 2.24. The number of rotatable bonds is 1. The molecule has 0 fully saturated rings. The molecule has 7 nitrogen and oxygen atoms in total. The third-order valence-corrected chi connectivity index (χ3v) is 2.67. The molecule has 3 heterocycles. The summed E-state index contributed by atoms with van der Waals surface area (Å²) in [6, 6.07) is 1.83. The van der Waals surface area contributed by atoms with E-state index in [4.69, 9.17) is 11.5 Å². The van der Waals surface area contributed by atoms with Gasteiger partial charge >= 0.3 is 0 Å². The lowest BCUT2D eigenvalue weighted by molar-refractivity contribution is 0.825. The Morgan fingerprint density at radius 3 is 2.94 bits per heavy atom. The fraction of sp³-hybridized carbons (Fsp3) is 0.222. The zero-order valence-corrected chi connectivity index (χ0v) is 8.51. The second-order valence-corrected chi connectivity index (χ2v) is 3.70. The summed E-state index contributed by atoms with van der Waals surface area (Å²) in [5.41, 5.74) is 13.4. The van der Waals surface area contributed by atoms with E-state index in [1.807, 2.05) is 6.07 Å². The van der Waals surface area contributed by atoms with Crippen LogP contribution in [-0.4, -0.2) is 20.2 Å². The Bertz CT molecular complexity index is 532. The van der Waals surface area contributed by atoms with Crippen LogP contribution in [0.3, 0.4) is 0 Å². The number of nitrogens with two attached hydrogens (primary N) is 2. The molecule has 0 aliphatic carbocycles. The van der Waals surface area contributed by atoms with Crippen LogP contribution in [0.5, 0.6) is 0 Å². The van der Waals surface area contributed by atoms with Crippen molar-refractivity contribution in [1.29, 1.82) is 0 Å². The highest BCUT2D eigenvalue weighted by atomic mass is 15.3. The molecule has 7 heteroatoms. The van der Waals surface area contributed by atoms with Gasteiger partial charge < -0.3 is 16.4 Å². The molecule has 0 aromatic carbocycles. The number of H-pyrrole nitrogens is 1. The van der Waals surface area contributed by atoms with Crippen molar-refractivity contribution in [3.8, 4) is 0 Å². The van der Waals surface area contributed by atoms with Crippen LogP contribution < -0.4 is 16.4 Å². The Morgan fingerprint density at radius 1 is 1.31 bits per heavy atom. The molecule has 0 unspecified atom stereocenters. The van der Waals surface area contributed by atoms with Crippen LogP contribution in [0.4, 0.5) is 17.6 Å². The molecular formula is C9H11N7. The van der Waals surface area contributed by atoms with Crippen LogP contribution in [0.1, 0.15) is 11.3 Å². The third kappa shape index (κ3) is 1.25. The van der Waals surface area contributed by atoms with E-state index in [-0.39, 0.29) is 5.95 Å². The lowest BCUT2D eigenvalue weighted by Gasteiger charge is -2.16. The van der Waals surface area contributed by atoms with Crippen molar-refractivity contribution in [2.75, 3.05) is 16.4 Å². The number of nitrogens with one attached hydrogen (secondary N) is 1. The second-order valence-electron chi connectivity index (χ2n) is 3.70. The molecule has 0 saturated heterocycles. The van der Waals surface area contributed by atoms with Crippen molar-refractivity contribution in [3.05, 3.63) is 23.5 Å². The molecule has 0 saturated carbocycles. The number of nitrogens with zero attached hydrogens (tertiary/aromatic N) is 4. The van der Waals surface area contributed by atoms with Gasteiger partial charge in [-0.25, -0.2) is 4.98 Å². The summed E-state index contributed by atoms with van der Waals surface area (Å²) in [6.45, 7) is 1.42. The summed E-state index contributed by atoms with van der Waals surface area (Å²) in [5.74, 6) is 1.63. The van der Waals surface area contributed by atoms with Crippen LogP contribution in [0.25, 0.3) is 0 Å². The van der Waals surface area contributed by atoms with Crippen molar-refractivity contribution in [2.45, 2.75) is 13.1 Å². The van der Waals surface area contributed by atoms with Gasteiger partial charge in [0.25, 0.3) is 0 Å². The number of aromatic amines is 1. The lowest BCUT2D eigenvalue weighted by atomic mass is 10.3. The molecular weight excluding hydrogens is 206 g/mol. The Morgan fingerprint density at radius 2 is 2.19 bits per heavy atom. The summed E-state index contributed by atoms with van der Waals surface area (Å²) in [6.07, 6.45) is 1.64. The topological polar surface area (TPSA) is 110 Å². The van der Waals surface area contributed by atoms with E-state index in [1.165, 1.54) is 0 Å². The molecule has 0 amide bonds. The predicted octanol–water partition coefficient (Wildman–Crippen LogP) is -0.116. The number of nitrogen functional groups attached to an aromatic ring is 2. The smallest absolute Gasteiger partial charge is 0.221 e. The van der Waals surface area contributed by atoms with E-state index < -0.39 is 0 Å². The first-order chi connectivity index (χ1) is 7.74. The van der Waals surface area contributed by atoms with Crippen LogP contribution in [-0.2, 0) is 13.1 Å². The molecule has 1 aliphatic heterocycles. The van der Waals surface area contributed by atoms with Gasteiger partial charge in [-0.3, -0.25) is 5.10 Å². The van der Waals surface area contributed by atoms with E-state index >= 15 is 0 Å². The lowest BCUT2D eigenvalue weighted by Crippen LogP contribution is -2.17. The molecule has 16 heavy (non-hydrogen) atoms. The van der Waals surface area contributed by atoms with Crippen LogP contribution in [0.2, 0.25) is 0 Å². The van der Waals surface area contributed by atoms with Crippen LogP contribution in [0.15, 0.2) is 12.3 Å². The molecule has 82 valence electrons. The standard InChI is InChI=1S/C9H11N7/c10-8-5-3-16(4-6(5)14-15-8)7-1-2-12-9(11)13-7/h1-2H,3-4H2,(H3,10,14,15)(H2,11,12,13). The van der Waals surface area contributed by atoms with Crippen molar-refractivity contribution in [3.63, 3.8) is 0 Å². The maximum absolute atomic E-state index is 5.74. The molecule has 0 atom stereocenters. The van der Waals surface area contributed by atoms with Crippen molar-refractivity contribution in [1.82, 2.24) is 20.2 Å². The summed E-state index contributed by atoms with van der Waals surface area (Å²) in [4.78, 5) is 10.1. The van der Waals surface area contributed by atoms with Crippen molar-refractivity contribution < 1.29 is 0 Å². The predicted molar refractivity (Wildman–Crippen MR) is 59.3 cm³/mol. The van der Waals surface area contributed by atoms with Crippen LogP contribution >= 0.6 is 0 Å². The fourth-order valence-electron chi connectivity index (χ4n) is 1.86. The highest BCUT2D eigenvalue weighted by Crippen LogP contribution is 2.28. The van der Waals surface area contributed by atoms with Gasteiger partial charge in [-0.2, -0.15) is 10.1 Å². The van der Waals surface area contributed by atoms with E-state index in [1.54, 1.807) is 6.20 Å². The fourth-order valence-corrected chi connectivity index (χ4v) is 1.86. The third-order valence-electron chi connectivity index (χ3n) is 2.67. The van der Waals surface area contributed by atoms with Gasteiger partial charge in [0.1, 0.15) is 5.82 Å². The maximum Gasteiger partial charge on any atom is 0.221 e. The minimum Gasteiger partial charge on any atom is -0.382 e.